The third kappa shape index (κ3) is 4.88. The normalized spacial score (nSPS) is 10.2. The molecule has 1 aromatic heterocycles. The van der Waals surface area contributed by atoms with E-state index >= 15 is 0 Å². The van der Waals surface area contributed by atoms with E-state index in [1.165, 1.54) is 6.92 Å². The summed E-state index contributed by atoms with van der Waals surface area (Å²) in [4.78, 5) is 40.0. The first kappa shape index (κ1) is 19.0. The zero-order chi connectivity index (χ0) is 19.9. The Balaban J connectivity index is 1.61. The summed E-state index contributed by atoms with van der Waals surface area (Å²) in [6.45, 7) is 1.87. The van der Waals surface area contributed by atoms with Crippen LogP contribution in [0.25, 0.3) is 0 Å². The Labute approximate surface area is 162 Å². The number of carbonyl (C=O) groups excluding carboxylic acids is 3. The number of anilines is 1. The minimum atomic E-state index is -0.315. The highest BCUT2D eigenvalue weighted by Gasteiger charge is 2.10. The summed E-state index contributed by atoms with van der Waals surface area (Å²) in [7, 11) is 0. The molecule has 3 aromatic rings. The number of nitrogens with one attached hydrogen (secondary N) is 2. The van der Waals surface area contributed by atoms with Crippen LogP contribution in [0.5, 0.6) is 0 Å². The first-order valence-corrected chi connectivity index (χ1v) is 8.72. The van der Waals surface area contributed by atoms with E-state index in [1.807, 2.05) is 12.1 Å². The molecule has 6 heteroatoms. The highest BCUT2D eigenvalue weighted by Crippen LogP contribution is 2.13. The third-order valence-electron chi connectivity index (χ3n) is 4.14. The van der Waals surface area contributed by atoms with Crippen molar-refractivity contribution in [2.45, 2.75) is 13.5 Å². The average Bonchev–Trinajstić information content (AvgIpc) is 2.73. The van der Waals surface area contributed by atoms with Gasteiger partial charge in [-0.25, -0.2) is 0 Å². The first-order chi connectivity index (χ1) is 13.5. The van der Waals surface area contributed by atoms with Crippen LogP contribution < -0.4 is 10.6 Å². The second-order valence-corrected chi connectivity index (χ2v) is 6.21. The monoisotopic (exact) mass is 373 g/mol. The largest absolute Gasteiger partial charge is 0.348 e. The summed E-state index contributed by atoms with van der Waals surface area (Å²) in [5.41, 5.74) is 2.89. The summed E-state index contributed by atoms with van der Waals surface area (Å²) < 4.78 is 0. The van der Waals surface area contributed by atoms with Gasteiger partial charge in [0, 0.05) is 41.3 Å². The van der Waals surface area contributed by atoms with Crippen molar-refractivity contribution in [1.82, 2.24) is 10.3 Å². The van der Waals surface area contributed by atoms with Crippen molar-refractivity contribution in [1.29, 1.82) is 0 Å². The molecule has 0 radical (unpaired) electrons. The molecular formula is C22H19N3O3. The first-order valence-electron chi connectivity index (χ1n) is 8.72. The van der Waals surface area contributed by atoms with E-state index in [9.17, 15) is 14.4 Å². The van der Waals surface area contributed by atoms with Crippen molar-refractivity contribution in [2.24, 2.45) is 0 Å². The molecule has 0 aliphatic carbocycles. The molecule has 0 spiro atoms. The van der Waals surface area contributed by atoms with Gasteiger partial charge in [0.05, 0.1) is 0 Å². The molecule has 0 aliphatic rings. The summed E-state index contributed by atoms with van der Waals surface area (Å²) in [6.07, 6.45) is 3.34. The molecule has 0 unspecified atom stereocenters. The van der Waals surface area contributed by atoms with Gasteiger partial charge in [0.1, 0.15) is 0 Å². The van der Waals surface area contributed by atoms with Crippen LogP contribution in [0.15, 0.2) is 73.1 Å². The van der Waals surface area contributed by atoms with Gasteiger partial charge in [-0.15, -0.1) is 0 Å². The molecule has 1 heterocycles. The second kappa shape index (κ2) is 8.73. The van der Waals surface area contributed by atoms with E-state index in [1.54, 1.807) is 60.9 Å². The molecule has 0 aliphatic heterocycles. The van der Waals surface area contributed by atoms with Crippen molar-refractivity contribution in [2.75, 3.05) is 5.32 Å². The van der Waals surface area contributed by atoms with E-state index < -0.39 is 0 Å². The number of hydrogen-bond acceptors (Lipinski definition) is 4. The number of pyridine rings is 1. The lowest BCUT2D eigenvalue weighted by molar-refractivity contribution is 0.0948. The molecule has 140 valence electrons. The highest BCUT2D eigenvalue weighted by molar-refractivity contribution is 6.05. The molecule has 0 bridgehead atoms. The van der Waals surface area contributed by atoms with Crippen LogP contribution in [0.2, 0.25) is 0 Å². The number of carbonyl (C=O) groups is 3. The summed E-state index contributed by atoms with van der Waals surface area (Å²) in [5.74, 6) is -0.611. The molecule has 28 heavy (non-hydrogen) atoms. The number of aromatic nitrogens is 1. The molecular weight excluding hydrogens is 354 g/mol. The Hall–Kier alpha value is -3.80. The standard InChI is InChI=1S/C22H19N3O3/c1-15(26)19-3-2-4-20(13-19)25-22(28)18-7-5-17(6-8-18)21(27)24-14-16-9-11-23-12-10-16/h2-13H,14H2,1H3,(H,24,27)(H,25,28). The maximum Gasteiger partial charge on any atom is 0.255 e. The van der Waals surface area contributed by atoms with Gasteiger partial charge < -0.3 is 10.6 Å². The highest BCUT2D eigenvalue weighted by atomic mass is 16.2. The second-order valence-electron chi connectivity index (χ2n) is 6.21. The van der Waals surface area contributed by atoms with Crippen molar-refractivity contribution in [3.8, 4) is 0 Å². The van der Waals surface area contributed by atoms with Crippen LogP contribution in [0.4, 0.5) is 5.69 Å². The van der Waals surface area contributed by atoms with Gasteiger partial charge in [0.25, 0.3) is 11.8 Å². The van der Waals surface area contributed by atoms with Crippen molar-refractivity contribution in [3.63, 3.8) is 0 Å². The predicted molar refractivity (Wildman–Crippen MR) is 106 cm³/mol. The van der Waals surface area contributed by atoms with E-state index in [0.717, 1.165) is 5.56 Å². The quantitative estimate of drug-likeness (QED) is 0.648. The lowest BCUT2D eigenvalue weighted by Gasteiger charge is -2.08. The van der Waals surface area contributed by atoms with Gasteiger partial charge >= 0.3 is 0 Å². The minimum Gasteiger partial charge on any atom is -0.348 e. The fourth-order valence-corrected chi connectivity index (χ4v) is 2.58. The molecule has 0 saturated carbocycles. The lowest BCUT2D eigenvalue weighted by Crippen LogP contribution is -2.23. The van der Waals surface area contributed by atoms with Gasteiger partial charge in [0.2, 0.25) is 0 Å². The van der Waals surface area contributed by atoms with Crippen LogP contribution in [0.1, 0.15) is 43.6 Å². The zero-order valence-corrected chi connectivity index (χ0v) is 15.3. The molecule has 0 fully saturated rings. The maximum absolute atomic E-state index is 12.4. The molecule has 2 aromatic carbocycles. The Kier molecular flexibility index (Phi) is 5.91. The SMILES string of the molecule is CC(=O)c1cccc(NC(=O)c2ccc(C(=O)NCc3ccncc3)cc2)c1. The van der Waals surface area contributed by atoms with Gasteiger partial charge in [-0.1, -0.05) is 12.1 Å². The number of nitrogens with zero attached hydrogens (tertiary/aromatic N) is 1. The Morgan fingerprint density at radius 3 is 2.11 bits per heavy atom. The van der Waals surface area contributed by atoms with Gasteiger partial charge in [-0.2, -0.15) is 0 Å². The molecule has 3 rings (SSSR count). The van der Waals surface area contributed by atoms with Crippen LogP contribution in [0.3, 0.4) is 0 Å². The summed E-state index contributed by atoms with van der Waals surface area (Å²) >= 11 is 0. The van der Waals surface area contributed by atoms with E-state index in [0.29, 0.717) is 28.9 Å². The third-order valence-corrected chi connectivity index (χ3v) is 4.14. The number of Topliss-reactive ketones (excluding diaryl/α,β-unsaturated/α-hetero) is 1. The van der Waals surface area contributed by atoms with E-state index in [2.05, 4.69) is 15.6 Å². The fraction of sp³-hybridized carbons (Fsp3) is 0.0909. The maximum atomic E-state index is 12.4. The van der Waals surface area contributed by atoms with Crippen molar-refractivity contribution < 1.29 is 14.4 Å². The molecule has 0 saturated heterocycles. The number of amides is 2. The molecule has 6 nitrogen and oxygen atoms in total. The van der Waals surface area contributed by atoms with Crippen molar-refractivity contribution >= 4 is 23.3 Å². The average molecular weight is 373 g/mol. The van der Waals surface area contributed by atoms with E-state index in [4.69, 9.17) is 0 Å². The van der Waals surface area contributed by atoms with Crippen molar-refractivity contribution in [3.05, 3.63) is 95.3 Å². The minimum absolute atomic E-state index is 0.0711. The van der Waals surface area contributed by atoms with Crippen LogP contribution in [-0.2, 0) is 6.54 Å². The summed E-state index contributed by atoms with van der Waals surface area (Å²) in [5, 5.41) is 5.57. The van der Waals surface area contributed by atoms with Crippen LogP contribution in [0, 0.1) is 0 Å². The topological polar surface area (TPSA) is 88.2 Å². The number of ketones is 1. The van der Waals surface area contributed by atoms with Gasteiger partial charge in [-0.3, -0.25) is 19.4 Å². The zero-order valence-electron chi connectivity index (χ0n) is 15.3. The summed E-state index contributed by atoms with van der Waals surface area (Å²) in [6, 6.07) is 16.8. The smallest absolute Gasteiger partial charge is 0.255 e. The van der Waals surface area contributed by atoms with Gasteiger partial charge in [-0.05, 0) is 61.0 Å². The Morgan fingerprint density at radius 1 is 0.821 bits per heavy atom. The Morgan fingerprint density at radius 2 is 1.46 bits per heavy atom. The van der Waals surface area contributed by atoms with Gasteiger partial charge in [0.15, 0.2) is 5.78 Å². The number of hydrogen-bond donors (Lipinski definition) is 2. The molecule has 0 atom stereocenters. The number of benzene rings is 2. The fourth-order valence-electron chi connectivity index (χ4n) is 2.58. The number of rotatable bonds is 6. The van der Waals surface area contributed by atoms with Crippen LogP contribution >= 0.6 is 0 Å². The molecule has 2 N–H and O–H groups in total. The predicted octanol–water partition coefficient (Wildman–Crippen LogP) is 3.47. The lowest BCUT2D eigenvalue weighted by atomic mass is 10.1. The molecule has 2 amide bonds. The van der Waals surface area contributed by atoms with E-state index in [-0.39, 0.29) is 17.6 Å². The Bertz CT molecular complexity index is 999. The van der Waals surface area contributed by atoms with Crippen LogP contribution in [-0.4, -0.2) is 22.6 Å².